The molecule has 8 rings (SSSR count). The lowest BCUT2D eigenvalue weighted by Crippen LogP contribution is -2.60. The summed E-state index contributed by atoms with van der Waals surface area (Å²) in [7, 11) is 3.20. The molecule has 1 spiro atoms. The number of methoxy groups -OCH3 is 2. The first kappa shape index (κ1) is 49.3. The monoisotopic (exact) mass is 918 g/mol. The third-order valence-electron chi connectivity index (χ3n) is 15.6. The van der Waals surface area contributed by atoms with Crippen LogP contribution in [0.3, 0.4) is 0 Å². The molecule has 0 radical (unpaired) electrons. The summed E-state index contributed by atoms with van der Waals surface area (Å²) in [5, 5.41) is 46.0. The molecule has 65 heavy (non-hydrogen) atoms. The molecule has 2 bridgehead atoms. The summed E-state index contributed by atoms with van der Waals surface area (Å²) in [6.07, 6.45) is 3.66. The molecule has 366 valence electrons. The molecule has 4 N–H and O–H groups in total. The van der Waals surface area contributed by atoms with Gasteiger partial charge in [0.2, 0.25) is 0 Å². The highest BCUT2D eigenvalue weighted by Crippen LogP contribution is 2.49. The third-order valence-corrected chi connectivity index (χ3v) is 15.6. The number of ether oxygens (including phenoxy) is 11. The number of carbonyl (C=O) groups excluding carboxylic acids is 1. The predicted molar refractivity (Wildman–Crippen MR) is 233 cm³/mol. The fourth-order valence-electron chi connectivity index (χ4n) is 11.7. The standard InChI is InChI=1S/C49H74O16/c1-25-10-9-11-32-24-58-46-41(51)27(3)18-35(49(32,46)54)47(53)61-34-19-33(64-48(22-34)23-36(50)28(4)44(65-48)31-14-16-57-17-15-31)13-12-26(2)43(25)62-40-21-38(56-8)45(30(6)60-40)63-39-20-37(55-7)42(52)29(5)59-39/h9-12,18,25,28-31,33-46,50-52,54H,13-17,19-24H2,1-8H3/b10-9-,26-12-,32-11?/t25-,28-,29-,30-,33+,34-,35-,36?,37-,38-,39-,40-,41+,42-,43-,44?,45-,46+,48-,49+/m0/s1. The molecule has 7 aliphatic heterocycles. The molecule has 20 atom stereocenters. The second-order valence-corrected chi connectivity index (χ2v) is 20.0. The summed E-state index contributed by atoms with van der Waals surface area (Å²) in [4.78, 5) is 14.5. The van der Waals surface area contributed by atoms with Gasteiger partial charge in [0.05, 0.1) is 55.4 Å². The van der Waals surface area contributed by atoms with Crippen LogP contribution in [0.2, 0.25) is 0 Å². The van der Waals surface area contributed by atoms with Gasteiger partial charge in [0, 0.05) is 71.4 Å². The summed E-state index contributed by atoms with van der Waals surface area (Å²) in [5.74, 6) is -3.21. The average Bonchev–Trinajstić information content (AvgIpc) is 3.62. The van der Waals surface area contributed by atoms with E-state index >= 15 is 0 Å². The lowest BCUT2D eigenvalue weighted by molar-refractivity contribution is -0.356. The van der Waals surface area contributed by atoms with Gasteiger partial charge < -0.3 is 72.5 Å². The van der Waals surface area contributed by atoms with Gasteiger partial charge in [-0.1, -0.05) is 44.2 Å². The van der Waals surface area contributed by atoms with Gasteiger partial charge in [-0.25, -0.2) is 0 Å². The number of carbonyl (C=O) groups is 1. The SMILES string of the molecule is CO[C@H]1C[C@H](O[C@H]2[C@H](C)O[C@@H](O[C@@H]3/C(C)=C\C[C@@H]4C[C@@H](C[C@]5(CC(O)[C@H](C)C(C6CCOCC6)O5)O4)OC(=O)[C@@H]4C=C(C)[C@@H](O)[C@H]5OCC(=C/C=C\[C@@H]3C)[C@]54O)C[C@@H]2OC)O[C@@H](C)[C@@H]1O. The van der Waals surface area contributed by atoms with Crippen molar-refractivity contribution in [1.29, 1.82) is 0 Å². The maximum atomic E-state index is 14.5. The number of esters is 1. The Hall–Kier alpha value is -2.13. The molecule has 8 aliphatic rings. The van der Waals surface area contributed by atoms with Gasteiger partial charge in [0.25, 0.3) is 0 Å². The van der Waals surface area contributed by atoms with E-state index in [2.05, 4.69) is 6.08 Å². The van der Waals surface area contributed by atoms with Gasteiger partial charge in [0.1, 0.15) is 42.0 Å². The summed E-state index contributed by atoms with van der Waals surface area (Å²) in [6.45, 7) is 12.8. The van der Waals surface area contributed by atoms with E-state index in [1.165, 1.54) is 0 Å². The Bertz CT molecular complexity index is 1780. The molecular formula is C49H74O16. The maximum absolute atomic E-state index is 14.5. The smallest absolute Gasteiger partial charge is 0.316 e. The number of fused-ring (bicyclic) bond motifs is 2. The second kappa shape index (κ2) is 20.5. The Morgan fingerprint density at radius 1 is 0.831 bits per heavy atom. The van der Waals surface area contributed by atoms with E-state index in [-0.39, 0.29) is 43.3 Å². The van der Waals surface area contributed by atoms with E-state index in [0.29, 0.717) is 50.0 Å². The Kier molecular flexibility index (Phi) is 15.5. The van der Waals surface area contributed by atoms with Gasteiger partial charge in [-0.15, -0.1) is 0 Å². The van der Waals surface area contributed by atoms with Crippen molar-refractivity contribution in [1.82, 2.24) is 0 Å². The highest BCUT2D eigenvalue weighted by molar-refractivity contribution is 5.78. The van der Waals surface area contributed by atoms with Crippen LogP contribution in [0.4, 0.5) is 0 Å². The van der Waals surface area contributed by atoms with E-state index in [4.69, 9.17) is 52.1 Å². The normalized spacial score (nSPS) is 49.2. The first-order valence-electron chi connectivity index (χ1n) is 24.0. The molecule has 7 heterocycles. The fourth-order valence-corrected chi connectivity index (χ4v) is 11.7. The zero-order valence-corrected chi connectivity index (χ0v) is 39.3. The van der Waals surface area contributed by atoms with Crippen molar-refractivity contribution in [2.24, 2.45) is 23.7 Å². The first-order chi connectivity index (χ1) is 31.0. The van der Waals surface area contributed by atoms with Gasteiger partial charge in [-0.05, 0) is 69.6 Å². The molecule has 0 aromatic heterocycles. The molecule has 2 unspecified atom stereocenters. The van der Waals surface area contributed by atoms with Crippen molar-refractivity contribution in [3.05, 3.63) is 47.1 Å². The molecule has 16 heteroatoms. The van der Waals surface area contributed by atoms with Crippen molar-refractivity contribution in [3.63, 3.8) is 0 Å². The molecule has 6 fully saturated rings. The van der Waals surface area contributed by atoms with Gasteiger partial charge >= 0.3 is 5.97 Å². The van der Waals surface area contributed by atoms with Crippen LogP contribution in [0.1, 0.15) is 92.9 Å². The van der Waals surface area contributed by atoms with E-state index in [0.717, 1.165) is 18.4 Å². The lowest BCUT2D eigenvalue weighted by Gasteiger charge is -2.53. The zero-order valence-electron chi connectivity index (χ0n) is 39.3. The van der Waals surface area contributed by atoms with Crippen molar-refractivity contribution in [2.45, 2.75) is 196 Å². The van der Waals surface area contributed by atoms with Crippen LogP contribution in [-0.4, -0.2) is 164 Å². The molecule has 0 saturated carbocycles. The van der Waals surface area contributed by atoms with Crippen LogP contribution < -0.4 is 0 Å². The molecule has 0 aromatic carbocycles. The van der Waals surface area contributed by atoms with E-state index in [9.17, 15) is 25.2 Å². The van der Waals surface area contributed by atoms with Crippen LogP contribution in [0.15, 0.2) is 47.1 Å². The van der Waals surface area contributed by atoms with Crippen LogP contribution in [-0.2, 0) is 56.9 Å². The Morgan fingerprint density at radius 3 is 2.28 bits per heavy atom. The molecule has 0 amide bonds. The van der Waals surface area contributed by atoms with E-state index in [1.807, 2.05) is 39.8 Å². The summed E-state index contributed by atoms with van der Waals surface area (Å²) in [5.41, 5.74) is 0.00982. The van der Waals surface area contributed by atoms with Crippen LogP contribution in [0.5, 0.6) is 0 Å². The fraction of sp³-hybridized carbons (Fsp3) is 0.816. The maximum Gasteiger partial charge on any atom is 0.316 e. The zero-order chi connectivity index (χ0) is 46.4. The van der Waals surface area contributed by atoms with Crippen LogP contribution in [0, 0.1) is 23.7 Å². The quantitative estimate of drug-likeness (QED) is 0.211. The summed E-state index contributed by atoms with van der Waals surface area (Å²) < 4.78 is 69.6. The largest absolute Gasteiger partial charge is 0.462 e. The minimum Gasteiger partial charge on any atom is -0.462 e. The Morgan fingerprint density at radius 2 is 1.54 bits per heavy atom. The molecule has 1 aliphatic carbocycles. The molecule has 6 saturated heterocycles. The van der Waals surface area contributed by atoms with Crippen LogP contribution >= 0.6 is 0 Å². The molecule has 0 aromatic rings. The molecular weight excluding hydrogens is 845 g/mol. The Balaban J connectivity index is 1.09. The third kappa shape index (κ3) is 10.1. The van der Waals surface area contributed by atoms with E-state index in [1.54, 1.807) is 40.2 Å². The number of hydrogen-bond acceptors (Lipinski definition) is 16. The minimum atomic E-state index is -1.87. The van der Waals surface area contributed by atoms with Crippen molar-refractivity contribution < 1.29 is 77.3 Å². The van der Waals surface area contributed by atoms with Crippen molar-refractivity contribution >= 4 is 5.97 Å². The average molecular weight is 919 g/mol. The topological polar surface area (TPSA) is 200 Å². The Labute approximate surface area is 383 Å². The number of aliphatic hydroxyl groups excluding tert-OH is 3. The van der Waals surface area contributed by atoms with Crippen LogP contribution in [0.25, 0.3) is 0 Å². The number of aliphatic hydroxyl groups is 4. The molecule has 16 nitrogen and oxygen atoms in total. The predicted octanol–water partition coefficient (Wildman–Crippen LogP) is 3.95. The first-order valence-corrected chi connectivity index (χ1v) is 24.0. The highest BCUT2D eigenvalue weighted by Gasteiger charge is 2.60. The van der Waals surface area contributed by atoms with Crippen molar-refractivity contribution in [2.75, 3.05) is 34.0 Å². The number of rotatable bonds is 7. The summed E-state index contributed by atoms with van der Waals surface area (Å²) in [6, 6.07) is 0. The lowest BCUT2D eigenvalue weighted by atomic mass is 9.71. The number of hydrogen-bond donors (Lipinski definition) is 4. The van der Waals surface area contributed by atoms with E-state index < -0.39 is 109 Å². The van der Waals surface area contributed by atoms with Gasteiger partial charge in [-0.2, -0.15) is 0 Å². The number of allylic oxidation sites excluding steroid dienone is 2. The highest BCUT2D eigenvalue weighted by atomic mass is 16.7. The van der Waals surface area contributed by atoms with Crippen molar-refractivity contribution in [3.8, 4) is 0 Å². The van der Waals surface area contributed by atoms with Gasteiger partial charge in [-0.3, -0.25) is 4.79 Å². The van der Waals surface area contributed by atoms with Gasteiger partial charge in [0.15, 0.2) is 18.4 Å². The minimum absolute atomic E-state index is 0.00757. The summed E-state index contributed by atoms with van der Waals surface area (Å²) >= 11 is 0. The second-order valence-electron chi connectivity index (χ2n) is 20.0.